The van der Waals surface area contributed by atoms with E-state index in [0.717, 1.165) is 18.9 Å². The molecule has 0 unspecified atom stereocenters. The van der Waals surface area contributed by atoms with Crippen molar-refractivity contribution in [3.8, 4) is 0 Å². The van der Waals surface area contributed by atoms with Crippen LogP contribution in [0.5, 0.6) is 0 Å². The third-order valence-electron chi connectivity index (χ3n) is 2.01. The minimum Gasteiger partial charge on any atom is -0.375 e. The third kappa shape index (κ3) is 6.36. The van der Waals surface area contributed by atoms with Gasteiger partial charge in [-0.15, -0.1) is 0 Å². The molecule has 11 heavy (non-hydrogen) atoms. The summed E-state index contributed by atoms with van der Waals surface area (Å²) in [6, 6.07) is 0. The van der Waals surface area contributed by atoms with Gasteiger partial charge in [0.05, 0.1) is 6.61 Å². The highest BCUT2D eigenvalue weighted by Crippen LogP contribution is 2.08. The molecule has 0 aliphatic heterocycles. The maximum absolute atomic E-state index is 5.39. The molecule has 0 saturated heterocycles. The molecule has 0 aliphatic rings. The smallest absolute Gasteiger partial charge is 0.0836 e. The average molecular weight is 157 g/mol. The SMILES string of the molecule is CCC[CH]OCC(CC)CC. The Morgan fingerprint density at radius 1 is 1.18 bits per heavy atom. The Labute approximate surface area is 71.1 Å². The quantitative estimate of drug-likeness (QED) is 0.515. The summed E-state index contributed by atoms with van der Waals surface area (Å²) < 4.78 is 5.39. The molecule has 0 heterocycles. The van der Waals surface area contributed by atoms with E-state index in [0.29, 0.717) is 0 Å². The Morgan fingerprint density at radius 3 is 2.27 bits per heavy atom. The predicted octanol–water partition coefficient (Wildman–Crippen LogP) is 3.40. The van der Waals surface area contributed by atoms with Gasteiger partial charge in [0.25, 0.3) is 0 Å². The van der Waals surface area contributed by atoms with Crippen LogP contribution < -0.4 is 0 Å². The number of hydrogen-bond donors (Lipinski definition) is 0. The zero-order valence-corrected chi connectivity index (χ0v) is 8.10. The van der Waals surface area contributed by atoms with Crippen LogP contribution in [0.2, 0.25) is 0 Å². The summed E-state index contributed by atoms with van der Waals surface area (Å²) in [5.74, 6) is 0.753. The van der Waals surface area contributed by atoms with Crippen molar-refractivity contribution in [1.82, 2.24) is 0 Å². The maximum atomic E-state index is 5.39. The zero-order valence-electron chi connectivity index (χ0n) is 8.10. The van der Waals surface area contributed by atoms with Gasteiger partial charge in [-0.1, -0.05) is 40.0 Å². The summed E-state index contributed by atoms with van der Waals surface area (Å²) in [6.45, 7) is 9.46. The number of unbranched alkanes of at least 4 members (excludes halogenated alkanes) is 1. The van der Waals surface area contributed by atoms with Crippen molar-refractivity contribution in [2.24, 2.45) is 5.92 Å². The van der Waals surface area contributed by atoms with Gasteiger partial charge >= 0.3 is 0 Å². The minimum absolute atomic E-state index is 0.753. The lowest BCUT2D eigenvalue weighted by Gasteiger charge is -2.11. The van der Waals surface area contributed by atoms with Crippen LogP contribution in [-0.2, 0) is 4.74 Å². The van der Waals surface area contributed by atoms with E-state index < -0.39 is 0 Å². The van der Waals surface area contributed by atoms with Gasteiger partial charge in [0.2, 0.25) is 0 Å². The Kier molecular flexibility index (Phi) is 8.03. The van der Waals surface area contributed by atoms with E-state index in [9.17, 15) is 0 Å². The van der Waals surface area contributed by atoms with Gasteiger partial charge in [-0.05, 0) is 12.3 Å². The Hall–Kier alpha value is -0.0400. The zero-order chi connectivity index (χ0) is 8.53. The second-order valence-corrected chi connectivity index (χ2v) is 2.97. The molecule has 0 aliphatic carbocycles. The fraction of sp³-hybridized carbons (Fsp3) is 0.900. The summed E-state index contributed by atoms with van der Waals surface area (Å²) in [4.78, 5) is 0. The molecule has 0 aromatic carbocycles. The highest BCUT2D eigenvalue weighted by Gasteiger charge is 2.01. The van der Waals surface area contributed by atoms with Crippen molar-refractivity contribution in [2.45, 2.75) is 46.5 Å². The third-order valence-corrected chi connectivity index (χ3v) is 2.01. The van der Waals surface area contributed by atoms with Crippen LogP contribution in [0.4, 0.5) is 0 Å². The molecule has 0 N–H and O–H groups in total. The summed E-state index contributed by atoms with van der Waals surface area (Å²) in [5, 5.41) is 0. The highest BCUT2D eigenvalue weighted by atomic mass is 16.5. The normalized spacial score (nSPS) is 10.9. The molecule has 0 amide bonds. The second-order valence-electron chi connectivity index (χ2n) is 2.97. The van der Waals surface area contributed by atoms with Crippen LogP contribution in [0.15, 0.2) is 0 Å². The summed E-state index contributed by atoms with van der Waals surface area (Å²) in [7, 11) is 0. The Balaban J connectivity index is 3.07. The highest BCUT2D eigenvalue weighted by molar-refractivity contribution is 4.55. The van der Waals surface area contributed by atoms with Crippen LogP contribution in [0.3, 0.4) is 0 Å². The monoisotopic (exact) mass is 157 g/mol. The predicted molar refractivity (Wildman–Crippen MR) is 49.2 cm³/mol. The second kappa shape index (κ2) is 8.06. The topological polar surface area (TPSA) is 9.23 Å². The first-order valence-electron chi connectivity index (χ1n) is 4.78. The molecule has 0 saturated carbocycles. The van der Waals surface area contributed by atoms with Gasteiger partial charge in [0.1, 0.15) is 0 Å². The minimum atomic E-state index is 0.753. The molecule has 67 valence electrons. The molecule has 0 bridgehead atoms. The van der Waals surface area contributed by atoms with Crippen LogP contribution in [0, 0.1) is 12.5 Å². The average Bonchev–Trinajstić information content (AvgIpc) is 2.05. The van der Waals surface area contributed by atoms with Gasteiger partial charge in [0.15, 0.2) is 0 Å². The van der Waals surface area contributed by atoms with E-state index in [1.54, 1.807) is 0 Å². The molecular weight excluding hydrogens is 136 g/mol. The van der Waals surface area contributed by atoms with Crippen molar-refractivity contribution in [3.05, 3.63) is 6.61 Å². The number of rotatable bonds is 7. The number of hydrogen-bond acceptors (Lipinski definition) is 1. The number of ether oxygens (including phenoxy) is 1. The Bertz CT molecular complexity index is 67.3. The van der Waals surface area contributed by atoms with Crippen LogP contribution >= 0.6 is 0 Å². The van der Waals surface area contributed by atoms with Gasteiger partial charge in [-0.2, -0.15) is 0 Å². The van der Waals surface area contributed by atoms with Crippen molar-refractivity contribution in [3.63, 3.8) is 0 Å². The molecule has 0 aromatic rings. The van der Waals surface area contributed by atoms with Crippen LogP contribution in [0.1, 0.15) is 46.5 Å². The van der Waals surface area contributed by atoms with Gasteiger partial charge in [-0.25, -0.2) is 0 Å². The van der Waals surface area contributed by atoms with Crippen LogP contribution in [-0.4, -0.2) is 6.61 Å². The maximum Gasteiger partial charge on any atom is 0.0836 e. The van der Waals surface area contributed by atoms with Crippen LogP contribution in [0.25, 0.3) is 0 Å². The standard InChI is InChI=1S/C10H21O/c1-4-7-8-11-9-10(5-2)6-3/h8,10H,4-7,9H2,1-3H3. The van der Waals surface area contributed by atoms with E-state index >= 15 is 0 Å². The summed E-state index contributed by atoms with van der Waals surface area (Å²) in [5.41, 5.74) is 0. The fourth-order valence-electron chi connectivity index (χ4n) is 0.930. The van der Waals surface area contributed by atoms with Crippen molar-refractivity contribution in [2.75, 3.05) is 6.61 Å². The summed E-state index contributed by atoms with van der Waals surface area (Å²) in [6.07, 6.45) is 4.73. The van der Waals surface area contributed by atoms with E-state index in [1.165, 1.54) is 19.3 Å². The Morgan fingerprint density at radius 2 is 1.82 bits per heavy atom. The van der Waals surface area contributed by atoms with E-state index in [1.807, 2.05) is 6.61 Å². The van der Waals surface area contributed by atoms with Crippen molar-refractivity contribution >= 4 is 0 Å². The molecule has 1 radical (unpaired) electrons. The first-order chi connectivity index (χ1) is 5.35. The lowest BCUT2D eigenvalue weighted by atomic mass is 10.1. The first-order valence-corrected chi connectivity index (χ1v) is 4.78. The molecule has 0 rings (SSSR count). The molecule has 1 nitrogen and oxygen atoms in total. The lowest BCUT2D eigenvalue weighted by molar-refractivity contribution is 0.144. The first kappa shape index (κ1) is 11.0. The summed E-state index contributed by atoms with van der Waals surface area (Å²) >= 11 is 0. The van der Waals surface area contributed by atoms with E-state index in [2.05, 4.69) is 20.8 Å². The van der Waals surface area contributed by atoms with Gasteiger partial charge in [0, 0.05) is 6.61 Å². The molecular formula is C10H21O. The van der Waals surface area contributed by atoms with E-state index in [-0.39, 0.29) is 0 Å². The van der Waals surface area contributed by atoms with Crippen molar-refractivity contribution < 1.29 is 4.74 Å². The lowest BCUT2D eigenvalue weighted by Crippen LogP contribution is -2.05. The molecule has 0 aromatic heterocycles. The fourth-order valence-corrected chi connectivity index (χ4v) is 0.930. The van der Waals surface area contributed by atoms with Gasteiger partial charge < -0.3 is 4.74 Å². The largest absolute Gasteiger partial charge is 0.375 e. The van der Waals surface area contributed by atoms with Gasteiger partial charge in [-0.3, -0.25) is 0 Å². The molecule has 1 heteroatoms. The molecule has 0 atom stereocenters. The molecule has 0 spiro atoms. The van der Waals surface area contributed by atoms with Crippen molar-refractivity contribution in [1.29, 1.82) is 0 Å². The van der Waals surface area contributed by atoms with E-state index in [4.69, 9.17) is 4.74 Å². The molecule has 0 fully saturated rings.